The van der Waals surface area contributed by atoms with Gasteiger partial charge in [0.15, 0.2) is 0 Å². The lowest BCUT2D eigenvalue weighted by Gasteiger charge is -2.33. The molecule has 1 aliphatic carbocycles. The van der Waals surface area contributed by atoms with E-state index in [1.54, 1.807) is 16.9 Å². The molecule has 1 saturated carbocycles. The number of anilines is 1. The molecule has 0 saturated heterocycles. The Morgan fingerprint density at radius 2 is 1.92 bits per heavy atom. The molecule has 1 amide bonds. The van der Waals surface area contributed by atoms with Crippen LogP contribution in [0.2, 0.25) is 0 Å². The van der Waals surface area contributed by atoms with E-state index in [1.807, 2.05) is 73.8 Å². The number of aryl methyl sites for hydroxylation is 1. The molecule has 4 aromatic rings. The Kier molecular flexibility index (Phi) is 7.17. The van der Waals surface area contributed by atoms with Gasteiger partial charge in [-0.25, -0.2) is 4.68 Å². The normalized spacial score (nSPS) is 14.8. The lowest BCUT2D eigenvalue weighted by molar-refractivity contribution is 0.101. The maximum atomic E-state index is 13.4. The van der Waals surface area contributed by atoms with Gasteiger partial charge in [0.25, 0.3) is 5.91 Å². The third kappa shape index (κ3) is 5.33. The first kappa shape index (κ1) is 24.9. The van der Waals surface area contributed by atoms with Crippen LogP contribution in [0.25, 0.3) is 5.69 Å². The Morgan fingerprint density at radius 3 is 2.65 bits per heavy atom. The molecule has 2 aromatic heterocycles. The Balaban J connectivity index is 1.46. The third-order valence-electron chi connectivity index (χ3n) is 7.29. The van der Waals surface area contributed by atoms with Crippen LogP contribution in [0.4, 0.5) is 5.69 Å². The number of carbonyl (C=O) groups excluding carboxylic acids is 1. The van der Waals surface area contributed by atoms with Crippen molar-refractivity contribution in [1.29, 1.82) is 0 Å². The number of aliphatic hydroxyl groups is 1. The van der Waals surface area contributed by atoms with Crippen molar-refractivity contribution in [2.45, 2.75) is 44.6 Å². The van der Waals surface area contributed by atoms with E-state index in [0.29, 0.717) is 17.9 Å². The number of nitrogens with two attached hydrogens (primary N) is 1. The zero-order valence-corrected chi connectivity index (χ0v) is 21.1. The van der Waals surface area contributed by atoms with Gasteiger partial charge >= 0.3 is 0 Å². The quantitative estimate of drug-likeness (QED) is 0.294. The van der Waals surface area contributed by atoms with Crippen LogP contribution in [0.3, 0.4) is 0 Å². The van der Waals surface area contributed by atoms with Crippen molar-refractivity contribution in [2.75, 3.05) is 11.9 Å². The minimum absolute atomic E-state index is 0.0355. The summed E-state index contributed by atoms with van der Waals surface area (Å²) in [7, 11) is 0. The second-order valence-electron chi connectivity index (χ2n) is 9.96. The van der Waals surface area contributed by atoms with Gasteiger partial charge < -0.3 is 16.2 Å². The molecule has 5 rings (SSSR count). The largest absolute Gasteiger partial charge is 0.395 e. The van der Waals surface area contributed by atoms with Gasteiger partial charge in [-0.2, -0.15) is 5.10 Å². The smallest absolute Gasteiger partial charge is 0.274 e. The Bertz CT molecular complexity index is 1380. The van der Waals surface area contributed by atoms with Crippen molar-refractivity contribution < 1.29 is 9.90 Å². The van der Waals surface area contributed by atoms with Crippen molar-refractivity contribution in [3.63, 3.8) is 0 Å². The first-order chi connectivity index (χ1) is 18.0. The summed E-state index contributed by atoms with van der Waals surface area (Å²) in [6, 6.07) is 21.2. The lowest BCUT2D eigenvalue weighted by Crippen LogP contribution is -2.32. The molecule has 7 nitrogen and oxygen atoms in total. The highest BCUT2D eigenvalue weighted by Crippen LogP contribution is 2.42. The van der Waals surface area contributed by atoms with E-state index in [2.05, 4.69) is 15.4 Å². The first-order valence-corrected chi connectivity index (χ1v) is 12.8. The topological polar surface area (TPSA) is 106 Å². The number of nitrogens with zero attached hydrogens (tertiary/aromatic N) is 3. The number of hydrogen-bond acceptors (Lipinski definition) is 5. The summed E-state index contributed by atoms with van der Waals surface area (Å²) in [5, 5.41) is 18.3. The molecule has 1 unspecified atom stereocenters. The minimum atomic E-state index is -0.585. The summed E-state index contributed by atoms with van der Waals surface area (Å²) in [6.07, 6.45) is 7.97. The van der Waals surface area contributed by atoms with Crippen molar-refractivity contribution >= 4 is 11.6 Å². The van der Waals surface area contributed by atoms with Crippen molar-refractivity contribution in [2.24, 2.45) is 11.7 Å². The average molecular weight is 496 g/mol. The van der Waals surface area contributed by atoms with Crippen molar-refractivity contribution in [3.8, 4) is 5.69 Å². The number of pyridine rings is 1. The Morgan fingerprint density at radius 1 is 1.11 bits per heavy atom. The molecular weight excluding hydrogens is 462 g/mol. The second kappa shape index (κ2) is 10.7. The zero-order chi connectivity index (χ0) is 25.8. The monoisotopic (exact) mass is 495 g/mol. The number of aromatic nitrogens is 3. The van der Waals surface area contributed by atoms with Gasteiger partial charge in [0.1, 0.15) is 5.69 Å². The summed E-state index contributed by atoms with van der Waals surface area (Å²) in [5.41, 5.74) is 10.8. The molecule has 2 aromatic carbocycles. The van der Waals surface area contributed by atoms with Crippen molar-refractivity contribution in [3.05, 3.63) is 107 Å². The number of rotatable bonds is 10. The molecule has 1 fully saturated rings. The van der Waals surface area contributed by atoms with Crippen LogP contribution in [0.5, 0.6) is 0 Å². The van der Waals surface area contributed by atoms with E-state index in [9.17, 15) is 9.90 Å². The van der Waals surface area contributed by atoms with E-state index in [-0.39, 0.29) is 12.5 Å². The Labute approximate surface area is 217 Å². The van der Waals surface area contributed by atoms with Crippen LogP contribution in [0, 0.1) is 12.8 Å². The molecule has 7 heteroatoms. The summed E-state index contributed by atoms with van der Waals surface area (Å²) < 4.78 is 1.65. The molecule has 37 heavy (non-hydrogen) atoms. The third-order valence-corrected chi connectivity index (χ3v) is 7.29. The number of aliphatic hydroxyl groups excluding tert-OH is 1. The average Bonchev–Trinajstić information content (AvgIpc) is 3.69. The van der Waals surface area contributed by atoms with Gasteiger partial charge in [-0.15, -0.1) is 0 Å². The summed E-state index contributed by atoms with van der Waals surface area (Å²) in [6.45, 7) is 2.24. The number of benzene rings is 2. The van der Waals surface area contributed by atoms with Crippen LogP contribution >= 0.6 is 0 Å². The summed E-state index contributed by atoms with van der Waals surface area (Å²) >= 11 is 0. The molecule has 0 bridgehead atoms. The van der Waals surface area contributed by atoms with Gasteiger partial charge in [0.2, 0.25) is 0 Å². The fourth-order valence-electron chi connectivity index (χ4n) is 4.98. The van der Waals surface area contributed by atoms with E-state index in [0.717, 1.165) is 46.8 Å². The van der Waals surface area contributed by atoms with Crippen LogP contribution in [-0.4, -0.2) is 32.4 Å². The maximum Gasteiger partial charge on any atom is 0.274 e. The molecule has 190 valence electrons. The fraction of sp³-hybridized carbons (Fsp3) is 0.300. The summed E-state index contributed by atoms with van der Waals surface area (Å²) in [4.78, 5) is 17.8. The van der Waals surface area contributed by atoms with Crippen LogP contribution in [0.1, 0.15) is 58.6 Å². The SMILES string of the molecule is Cc1cc(C(=O)Nc2cccc(C(CO)(CCC3CC3)c3cccnc3)c2)n(-c2cccc(CN)c2)n1. The number of nitrogens with one attached hydrogen (secondary N) is 1. The fourth-order valence-corrected chi connectivity index (χ4v) is 4.98. The highest BCUT2D eigenvalue weighted by molar-refractivity contribution is 6.03. The van der Waals surface area contributed by atoms with E-state index < -0.39 is 5.41 Å². The molecule has 1 aliphatic rings. The summed E-state index contributed by atoms with van der Waals surface area (Å²) in [5.74, 6) is 0.469. The molecule has 0 aliphatic heterocycles. The van der Waals surface area contributed by atoms with E-state index >= 15 is 0 Å². The Hall–Kier alpha value is -3.81. The second-order valence-corrected chi connectivity index (χ2v) is 9.96. The van der Waals surface area contributed by atoms with Gasteiger partial charge in [0, 0.05) is 30.0 Å². The number of amides is 1. The molecule has 0 radical (unpaired) electrons. The predicted molar refractivity (Wildman–Crippen MR) is 145 cm³/mol. The first-order valence-electron chi connectivity index (χ1n) is 12.8. The lowest BCUT2D eigenvalue weighted by atomic mass is 9.72. The predicted octanol–water partition coefficient (Wildman–Crippen LogP) is 4.76. The van der Waals surface area contributed by atoms with Gasteiger partial charge in [0.05, 0.1) is 18.0 Å². The van der Waals surface area contributed by atoms with Crippen LogP contribution in [0.15, 0.2) is 79.1 Å². The highest BCUT2D eigenvalue weighted by Gasteiger charge is 2.36. The molecular formula is C30H33N5O2. The molecule has 1 atom stereocenters. The highest BCUT2D eigenvalue weighted by atomic mass is 16.3. The van der Waals surface area contributed by atoms with Crippen LogP contribution < -0.4 is 11.1 Å². The molecule has 4 N–H and O–H groups in total. The van der Waals surface area contributed by atoms with Gasteiger partial charge in [-0.05, 0) is 78.8 Å². The van der Waals surface area contributed by atoms with Gasteiger partial charge in [-0.1, -0.05) is 43.2 Å². The number of carbonyl (C=O) groups is 1. The molecule has 2 heterocycles. The zero-order valence-electron chi connectivity index (χ0n) is 21.1. The maximum absolute atomic E-state index is 13.4. The van der Waals surface area contributed by atoms with E-state index in [4.69, 9.17) is 5.73 Å². The minimum Gasteiger partial charge on any atom is -0.395 e. The van der Waals surface area contributed by atoms with Crippen molar-refractivity contribution in [1.82, 2.24) is 14.8 Å². The number of hydrogen-bond donors (Lipinski definition) is 3. The standard InChI is InChI=1S/C30H33N5O2/c1-21-15-28(35(34-21)27-9-2-5-23(16-27)18-31)29(37)33-26-8-3-6-24(17-26)30(20-36,13-12-22-10-11-22)25-7-4-14-32-19-25/h2-9,14-17,19,22,36H,10-13,18,20,31H2,1H3,(H,33,37). The van der Waals surface area contributed by atoms with Crippen LogP contribution in [-0.2, 0) is 12.0 Å². The molecule has 0 spiro atoms. The van der Waals surface area contributed by atoms with E-state index in [1.165, 1.54) is 12.8 Å². The van der Waals surface area contributed by atoms with Gasteiger partial charge in [-0.3, -0.25) is 9.78 Å².